The second-order valence-electron chi connectivity index (χ2n) is 5.30. The lowest BCUT2D eigenvalue weighted by molar-refractivity contribution is 0.0991. The van der Waals surface area contributed by atoms with Crippen molar-refractivity contribution in [3.8, 4) is 11.5 Å². The zero-order valence-electron chi connectivity index (χ0n) is 12.9. The van der Waals surface area contributed by atoms with Gasteiger partial charge in [0.15, 0.2) is 10.8 Å². The first-order chi connectivity index (χ1) is 11.0. The molecule has 0 unspecified atom stereocenters. The molecule has 0 spiro atoms. The zero-order chi connectivity index (χ0) is 16.4. The van der Waals surface area contributed by atoms with E-state index in [0.717, 1.165) is 16.0 Å². The van der Waals surface area contributed by atoms with Crippen LogP contribution in [0.25, 0.3) is 11.5 Å². The van der Waals surface area contributed by atoms with E-state index in [2.05, 4.69) is 4.98 Å². The fraction of sp³-hybridized carbons (Fsp3) is 0.111. The van der Waals surface area contributed by atoms with E-state index in [1.54, 1.807) is 0 Å². The van der Waals surface area contributed by atoms with Crippen molar-refractivity contribution in [2.75, 3.05) is 0 Å². The lowest BCUT2D eigenvalue weighted by Crippen LogP contribution is -2.12. The van der Waals surface area contributed by atoms with Crippen molar-refractivity contribution in [3.63, 3.8) is 0 Å². The highest BCUT2D eigenvalue weighted by atomic mass is 32.2. The predicted octanol–water partition coefficient (Wildman–Crippen LogP) is 4.21. The maximum Gasteiger partial charge on any atom is 0.271 e. The van der Waals surface area contributed by atoms with Gasteiger partial charge in [0.05, 0.1) is 0 Å². The summed E-state index contributed by atoms with van der Waals surface area (Å²) < 4.78 is 5.79. The van der Waals surface area contributed by atoms with Gasteiger partial charge in [-0.2, -0.15) is 0 Å². The molecule has 0 atom stereocenters. The first kappa shape index (κ1) is 15.4. The summed E-state index contributed by atoms with van der Waals surface area (Å²) in [5.74, 6) is -0.199. The molecular formula is C18H16N2O2S. The van der Waals surface area contributed by atoms with Gasteiger partial charge < -0.3 is 10.2 Å². The van der Waals surface area contributed by atoms with Crippen molar-refractivity contribution in [1.82, 2.24) is 4.98 Å². The van der Waals surface area contributed by atoms with E-state index in [1.165, 1.54) is 17.3 Å². The van der Waals surface area contributed by atoms with Gasteiger partial charge in [-0.1, -0.05) is 35.4 Å². The Kier molecular flexibility index (Phi) is 4.21. The maximum atomic E-state index is 11.7. The minimum absolute atomic E-state index is 0.158. The second-order valence-corrected chi connectivity index (χ2v) is 6.35. The highest BCUT2D eigenvalue weighted by Gasteiger charge is 2.20. The van der Waals surface area contributed by atoms with Crippen LogP contribution in [-0.2, 0) is 0 Å². The SMILES string of the molecule is Cc1ccc(Sc2oc(-c3ccc(C)cc3)nc2C(N)=O)cc1. The molecule has 2 aromatic carbocycles. The van der Waals surface area contributed by atoms with Crippen LogP contribution >= 0.6 is 11.8 Å². The topological polar surface area (TPSA) is 69.1 Å². The van der Waals surface area contributed by atoms with Gasteiger partial charge in [-0.15, -0.1) is 0 Å². The number of carbonyl (C=O) groups excluding carboxylic acids is 1. The van der Waals surface area contributed by atoms with Gasteiger partial charge in [0.25, 0.3) is 5.91 Å². The molecule has 0 aliphatic heterocycles. The Morgan fingerprint density at radius 2 is 1.57 bits per heavy atom. The summed E-state index contributed by atoms with van der Waals surface area (Å²) in [5, 5.41) is 0.414. The Balaban J connectivity index is 1.97. The molecule has 0 saturated heterocycles. The van der Waals surface area contributed by atoms with E-state index >= 15 is 0 Å². The summed E-state index contributed by atoms with van der Waals surface area (Å²) in [7, 11) is 0. The Labute approximate surface area is 138 Å². The number of rotatable bonds is 4. The van der Waals surface area contributed by atoms with E-state index in [-0.39, 0.29) is 5.69 Å². The van der Waals surface area contributed by atoms with E-state index in [9.17, 15) is 4.79 Å². The van der Waals surface area contributed by atoms with Crippen molar-refractivity contribution in [1.29, 1.82) is 0 Å². The number of hydrogen-bond donors (Lipinski definition) is 1. The second kappa shape index (κ2) is 6.30. The van der Waals surface area contributed by atoms with Crippen molar-refractivity contribution in [2.24, 2.45) is 5.73 Å². The molecule has 5 heteroatoms. The minimum atomic E-state index is -0.596. The summed E-state index contributed by atoms with van der Waals surface area (Å²) >= 11 is 1.34. The fourth-order valence-electron chi connectivity index (χ4n) is 2.06. The van der Waals surface area contributed by atoms with Crippen LogP contribution in [0.15, 0.2) is 62.9 Å². The molecule has 1 heterocycles. The third-order valence-electron chi connectivity index (χ3n) is 3.36. The number of benzene rings is 2. The van der Waals surface area contributed by atoms with E-state index in [0.29, 0.717) is 11.0 Å². The third kappa shape index (κ3) is 3.46. The summed E-state index contributed by atoms with van der Waals surface area (Å²) in [4.78, 5) is 16.9. The molecule has 0 aliphatic carbocycles. The molecule has 116 valence electrons. The number of hydrogen-bond acceptors (Lipinski definition) is 4. The molecule has 0 fully saturated rings. The highest BCUT2D eigenvalue weighted by molar-refractivity contribution is 7.99. The van der Waals surface area contributed by atoms with Crippen LogP contribution in [0.2, 0.25) is 0 Å². The lowest BCUT2D eigenvalue weighted by Gasteiger charge is -2.00. The smallest absolute Gasteiger partial charge is 0.271 e. The van der Waals surface area contributed by atoms with Crippen molar-refractivity contribution >= 4 is 17.7 Å². The number of nitrogens with two attached hydrogens (primary N) is 1. The summed E-state index contributed by atoms with van der Waals surface area (Å²) in [5.41, 5.74) is 8.72. The molecule has 3 aromatic rings. The Morgan fingerprint density at radius 3 is 2.13 bits per heavy atom. The lowest BCUT2D eigenvalue weighted by atomic mass is 10.1. The molecule has 23 heavy (non-hydrogen) atoms. The zero-order valence-corrected chi connectivity index (χ0v) is 13.7. The molecular weight excluding hydrogens is 308 g/mol. The van der Waals surface area contributed by atoms with E-state index in [4.69, 9.17) is 10.2 Å². The fourth-order valence-corrected chi connectivity index (χ4v) is 2.91. The van der Waals surface area contributed by atoms with Crippen LogP contribution in [0.5, 0.6) is 0 Å². The molecule has 1 aromatic heterocycles. The molecule has 0 saturated carbocycles. The van der Waals surface area contributed by atoms with Crippen molar-refractivity contribution in [3.05, 3.63) is 65.4 Å². The Bertz CT molecular complexity index is 836. The van der Waals surface area contributed by atoms with Gasteiger partial charge in [-0.05, 0) is 49.9 Å². The van der Waals surface area contributed by atoms with Crippen LogP contribution in [0.3, 0.4) is 0 Å². The first-order valence-electron chi connectivity index (χ1n) is 7.15. The van der Waals surface area contributed by atoms with Crippen LogP contribution in [-0.4, -0.2) is 10.9 Å². The van der Waals surface area contributed by atoms with Gasteiger partial charge in [0, 0.05) is 10.5 Å². The first-order valence-corrected chi connectivity index (χ1v) is 7.97. The predicted molar refractivity (Wildman–Crippen MR) is 90.5 cm³/mol. The normalized spacial score (nSPS) is 10.7. The Hall–Kier alpha value is -2.53. The molecule has 3 rings (SSSR count). The standard InChI is InChI=1S/C18H16N2O2S/c1-11-3-7-13(8-4-11)17-20-15(16(19)21)18(22-17)23-14-9-5-12(2)6-10-14/h3-10H,1-2H3,(H2,19,21). The number of primary amides is 1. The molecule has 1 amide bonds. The summed E-state index contributed by atoms with van der Waals surface area (Å²) in [6.45, 7) is 4.03. The minimum Gasteiger partial charge on any atom is -0.429 e. The molecule has 4 nitrogen and oxygen atoms in total. The molecule has 0 radical (unpaired) electrons. The number of amides is 1. The van der Waals surface area contributed by atoms with Gasteiger partial charge in [-0.3, -0.25) is 4.79 Å². The van der Waals surface area contributed by atoms with E-state index < -0.39 is 5.91 Å². The average molecular weight is 324 g/mol. The average Bonchev–Trinajstić information content (AvgIpc) is 2.94. The monoisotopic (exact) mass is 324 g/mol. The number of nitrogens with zero attached hydrogens (tertiary/aromatic N) is 1. The van der Waals surface area contributed by atoms with Crippen LogP contribution in [0, 0.1) is 13.8 Å². The quantitative estimate of drug-likeness (QED) is 0.780. The van der Waals surface area contributed by atoms with Crippen LogP contribution in [0.1, 0.15) is 21.6 Å². The van der Waals surface area contributed by atoms with Gasteiger partial charge in [0.1, 0.15) is 0 Å². The van der Waals surface area contributed by atoms with E-state index in [1.807, 2.05) is 62.4 Å². The summed E-state index contributed by atoms with van der Waals surface area (Å²) in [6, 6.07) is 15.7. The number of aromatic nitrogens is 1. The largest absolute Gasteiger partial charge is 0.429 e. The number of oxazole rings is 1. The summed E-state index contributed by atoms with van der Waals surface area (Å²) in [6.07, 6.45) is 0. The number of carbonyl (C=O) groups is 1. The van der Waals surface area contributed by atoms with Crippen LogP contribution in [0.4, 0.5) is 0 Å². The molecule has 0 bridgehead atoms. The van der Waals surface area contributed by atoms with Crippen molar-refractivity contribution in [2.45, 2.75) is 23.8 Å². The molecule has 0 aliphatic rings. The van der Waals surface area contributed by atoms with Crippen LogP contribution < -0.4 is 5.73 Å². The highest BCUT2D eigenvalue weighted by Crippen LogP contribution is 2.34. The van der Waals surface area contributed by atoms with Gasteiger partial charge >= 0.3 is 0 Å². The molecule has 2 N–H and O–H groups in total. The van der Waals surface area contributed by atoms with Gasteiger partial charge in [-0.25, -0.2) is 4.98 Å². The number of aryl methyl sites for hydroxylation is 2. The maximum absolute atomic E-state index is 11.7. The van der Waals surface area contributed by atoms with Crippen molar-refractivity contribution < 1.29 is 9.21 Å². The Morgan fingerprint density at radius 1 is 1.00 bits per heavy atom. The van der Waals surface area contributed by atoms with Gasteiger partial charge in [0.2, 0.25) is 5.89 Å². The third-order valence-corrected chi connectivity index (χ3v) is 4.33.